The molecule has 1 nitrogen and oxygen atoms in total. The first-order valence-corrected chi connectivity index (χ1v) is 5.11. The Labute approximate surface area is 97.5 Å². The van der Waals surface area contributed by atoms with Gasteiger partial charge in [0.25, 0.3) is 0 Å². The van der Waals surface area contributed by atoms with Gasteiger partial charge in [-0.05, 0) is 18.2 Å². The molecule has 0 bridgehead atoms. The van der Waals surface area contributed by atoms with Gasteiger partial charge < -0.3 is 0 Å². The van der Waals surface area contributed by atoms with Crippen molar-refractivity contribution in [1.82, 2.24) is 0 Å². The molecule has 0 fully saturated rings. The molecule has 0 atom stereocenters. The van der Waals surface area contributed by atoms with Crippen LogP contribution in [-0.2, 0) is 0 Å². The number of rotatable bonds is 2. The minimum atomic E-state index is -0.596. The fourth-order valence-electron chi connectivity index (χ4n) is 1.42. The predicted molar refractivity (Wildman–Crippen MR) is 61.3 cm³/mol. The Kier molecular flexibility index (Phi) is 3.02. The van der Waals surface area contributed by atoms with Gasteiger partial charge in [-0.1, -0.05) is 41.9 Å². The van der Waals surface area contributed by atoms with Gasteiger partial charge in [0.15, 0.2) is 5.78 Å². The van der Waals surface area contributed by atoms with Crippen LogP contribution in [0.25, 0.3) is 0 Å². The fourth-order valence-corrected chi connectivity index (χ4v) is 1.58. The third-order valence-electron chi connectivity index (χ3n) is 2.21. The van der Waals surface area contributed by atoms with Gasteiger partial charge in [-0.15, -0.1) is 0 Å². The van der Waals surface area contributed by atoms with E-state index in [-0.39, 0.29) is 16.4 Å². The highest BCUT2D eigenvalue weighted by Gasteiger charge is 2.13. The molecule has 0 unspecified atom stereocenters. The molecular weight excluding hydrogens is 227 g/mol. The summed E-state index contributed by atoms with van der Waals surface area (Å²) >= 11 is 5.62. The highest BCUT2D eigenvalue weighted by Crippen LogP contribution is 2.17. The molecule has 0 aliphatic carbocycles. The Balaban J connectivity index is 2.42. The SMILES string of the molecule is O=C(c1ccccc1)c1ccc(Cl)cc1F. The van der Waals surface area contributed by atoms with Crippen LogP contribution in [0.2, 0.25) is 5.02 Å². The zero-order chi connectivity index (χ0) is 11.5. The van der Waals surface area contributed by atoms with E-state index < -0.39 is 5.82 Å². The van der Waals surface area contributed by atoms with Crippen LogP contribution in [0.5, 0.6) is 0 Å². The van der Waals surface area contributed by atoms with Crippen molar-refractivity contribution in [2.24, 2.45) is 0 Å². The standard InChI is InChI=1S/C13H8ClFO/c14-10-6-7-11(12(15)8-10)13(16)9-4-2-1-3-5-9/h1-8H. The molecule has 0 amide bonds. The number of benzene rings is 2. The average molecular weight is 235 g/mol. The maximum atomic E-state index is 13.5. The van der Waals surface area contributed by atoms with Crippen molar-refractivity contribution in [2.75, 3.05) is 0 Å². The normalized spacial score (nSPS) is 10.1. The third kappa shape index (κ3) is 2.12. The van der Waals surface area contributed by atoms with Gasteiger partial charge in [0.2, 0.25) is 0 Å². The lowest BCUT2D eigenvalue weighted by Crippen LogP contribution is -2.03. The topological polar surface area (TPSA) is 17.1 Å². The highest BCUT2D eigenvalue weighted by atomic mass is 35.5. The van der Waals surface area contributed by atoms with E-state index >= 15 is 0 Å². The molecule has 3 heteroatoms. The van der Waals surface area contributed by atoms with Crippen molar-refractivity contribution in [3.8, 4) is 0 Å². The van der Waals surface area contributed by atoms with Gasteiger partial charge in [-0.25, -0.2) is 4.39 Å². The van der Waals surface area contributed by atoms with Crippen LogP contribution in [0.1, 0.15) is 15.9 Å². The van der Waals surface area contributed by atoms with Crippen molar-refractivity contribution in [3.63, 3.8) is 0 Å². The number of halogens is 2. The van der Waals surface area contributed by atoms with Gasteiger partial charge >= 0.3 is 0 Å². The molecule has 80 valence electrons. The van der Waals surface area contributed by atoms with Crippen LogP contribution in [0.4, 0.5) is 4.39 Å². The second-order valence-electron chi connectivity index (χ2n) is 3.32. The summed E-state index contributed by atoms with van der Waals surface area (Å²) in [5.74, 6) is -0.934. The number of hydrogen-bond acceptors (Lipinski definition) is 1. The largest absolute Gasteiger partial charge is 0.288 e. The molecule has 2 aromatic carbocycles. The molecule has 0 radical (unpaired) electrons. The average Bonchev–Trinajstić information content (AvgIpc) is 2.29. The summed E-state index contributed by atoms with van der Waals surface area (Å²) in [4.78, 5) is 11.9. The van der Waals surface area contributed by atoms with E-state index in [1.54, 1.807) is 30.3 Å². The van der Waals surface area contributed by atoms with E-state index in [0.717, 1.165) is 6.07 Å². The lowest BCUT2D eigenvalue weighted by molar-refractivity contribution is 0.103. The van der Waals surface area contributed by atoms with Crippen LogP contribution in [-0.4, -0.2) is 5.78 Å². The number of ketones is 1. The molecule has 0 saturated heterocycles. The van der Waals surface area contributed by atoms with Crippen molar-refractivity contribution < 1.29 is 9.18 Å². The highest BCUT2D eigenvalue weighted by molar-refractivity contribution is 6.30. The molecule has 2 rings (SSSR count). The zero-order valence-electron chi connectivity index (χ0n) is 8.28. The third-order valence-corrected chi connectivity index (χ3v) is 2.45. The van der Waals surface area contributed by atoms with Crippen molar-refractivity contribution in [1.29, 1.82) is 0 Å². The maximum absolute atomic E-state index is 13.5. The van der Waals surface area contributed by atoms with Crippen molar-refractivity contribution >= 4 is 17.4 Å². The molecule has 0 aromatic heterocycles. The Hall–Kier alpha value is -1.67. The minimum Gasteiger partial charge on any atom is -0.288 e. The summed E-state index contributed by atoms with van der Waals surface area (Å²) in [6, 6.07) is 12.6. The molecular formula is C13H8ClFO. The van der Waals surface area contributed by atoms with Crippen LogP contribution in [0.3, 0.4) is 0 Å². The van der Waals surface area contributed by atoms with Crippen LogP contribution in [0, 0.1) is 5.82 Å². The summed E-state index contributed by atoms with van der Waals surface area (Å²) < 4.78 is 13.5. The van der Waals surface area contributed by atoms with Crippen molar-refractivity contribution in [3.05, 3.63) is 70.5 Å². The summed E-state index contributed by atoms with van der Waals surface area (Å²) in [6.07, 6.45) is 0. The van der Waals surface area contributed by atoms with Gasteiger partial charge in [0.1, 0.15) is 5.82 Å². The first-order valence-electron chi connectivity index (χ1n) is 4.73. The van der Waals surface area contributed by atoms with Crippen LogP contribution in [0.15, 0.2) is 48.5 Å². The van der Waals surface area contributed by atoms with Crippen LogP contribution < -0.4 is 0 Å². The molecule has 0 aliphatic rings. The van der Waals surface area contributed by atoms with E-state index in [0.29, 0.717) is 5.56 Å². The van der Waals surface area contributed by atoms with E-state index in [1.165, 1.54) is 12.1 Å². The maximum Gasteiger partial charge on any atom is 0.195 e. The van der Waals surface area contributed by atoms with E-state index in [4.69, 9.17) is 11.6 Å². The van der Waals surface area contributed by atoms with Crippen molar-refractivity contribution in [2.45, 2.75) is 0 Å². The van der Waals surface area contributed by atoms with Gasteiger partial charge in [0.05, 0.1) is 5.56 Å². The lowest BCUT2D eigenvalue weighted by atomic mass is 10.0. The lowest BCUT2D eigenvalue weighted by Gasteiger charge is -2.02. The van der Waals surface area contributed by atoms with E-state index in [9.17, 15) is 9.18 Å². The van der Waals surface area contributed by atoms with E-state index in [2.05, 4.69) is 0 Å². The number of carbonyl (C=O) groups excluding carboxylic acids is 1. The monoisotopic (exact) mass is 234 g/mol. The summed E-state index contributed by atoms with van der Waals surface area (Å²) in [5, 5.41) is 0.280. The Morgan fingerprint density at radius 3 is 2.38 bits per heavy atom. The van der Waals surface area contributed by atoms with E-state index in [1.807, 2.05) is 0 Å². The first-order chi connectivity index (χ1) is 7.68. The van der Waals surface area contributed by atoms with Gasteiger partial charge in [-0.3, -0.25) is 4.79 Å². The molecule has 0 aliphatic heterocycles. The molecule has 16 heavy (non-hydrogen) atoms. The smallest absolute Gasteiger partial charge is 0.195 e. The molecule has 0 spiro atoms. The molecule has 0 heterocycles. The summed E-state index contributed by atoms with van der Waals surface area (Å²) in [6.45, 7) is 0. The Morgan fingerprint density at radius 2 is 1.75 bits per heavy atom. The van der Waals surface area contributed by atoms with Gasteiger partial charge in [-0.2, -0.15) is 0 Å². The summed E-state index contributed by atoms with van der Waals surface area (Å²) in [5.41, 5.74) is 0.499. The molecule has 0 saturated carbocycles. The number of carbonyl (C=O) groups is 1. The van der Waals surface area contributed by atoms with Gasteiger partial charge in [0, 0.05) is 10.6 Å². The Morgan fingerprint density at radius 1 is 1.06 bits per heavy atom. The fraction of sp³-hybridized carbons (Fsp3) is 0. The second kappa shape index (κ2) is 4.45. The zero-order valence-corrected chi connectivity index (χ0v) is 9.04. The summed E-state index contributed by atoms with van der Waals surface area (Å²) in [7, 11) is 0. The predicted octanol–water partition coefficient (Wildman–Crippen LogP) is 3.71. The van der Waals surface area contributed by atoms with Crippen LogP contribution >= 0.6 is 11.6 Å². The minimum absolute atomic E-state index is 0.0376. The number of hydrogen-bond donors (Lipinski definition) is 0. The second-order valence-corrected chi connectivity index (χ2v) is 3.76. The molecule has 0 N–H and O–H groups in total. The quantitative estimate of drug-likeness (QED) is 0.724. The first kappa shape index (κ1) is 10.8. The molecule has 2 aromatic rings. The Bertz CT molecular complexity index is 523.